The Labute approximate surface area is 221 Å². The zero-order valence-electron chi connectivity index (χ0n) is 22.8. The fourth-order valence-corrected chi connectivity index (χ4v) is 5.17. The van der Waals surface area contributed by atoms with Gasteiger partial charge in [-0.3, -0.25) is 4.90 Å². The lowest BCUT2D eigenvalue weighted by Gasteiger charge is -2.37. The van der Waals surface area contributed by atoms with E-state index in [0.29, 0.717) is 6.04 Å². The molecule has 0 aromatic heterocycles. The summed E-state index contributed by atoms with van der Waals surface area (Å²) in [5.41, 5.74) is 10.4. The molecule has 1 aliphatic heterocycles. The van der Waals surface area contributed by atoms with Crippen molar-refractivity contribution in [1.29, 1.82) is 0 Å². The predicted octanol–water partition coefficient (Wildman–Crippen LogP) is 8.46. The Morgan fingerprint density at radius 2 is 0.973 bits per heavy atom. The van der Waals surface area contributed by atoms with Crippen LogP contribution in [0.3, 0.4) is 0 Å². The van der Waals surface area contributed by atoms with Crippen molar-refractivity contribution < 1.29 is 9.47 Å². The zero-order valence-corrected chi connectivity index (χ0v) is 22.8. The molecule has 0 saturated carbocycles. The molecule has 1 aliphatic rings. The maximum absolute atomic E-state index is 5.38. The van der Waals surface area contributed by atoms with Crippen molar-refractivity contribution >= 4 is 0 Å². The lowest BCUT2D eigenvalue weighted by Crippen LogP contribution is -2.40. The Hall–Kier alpha value is -3.56. The van der Waals surface area contributed by atoms with Gasteiger partial charge in [0.05, 0.1) is 14.2 Å². The molecule has 1 heterocycles. The van der Waals surface area contributed by atoms with Crippen LogP contribution in [0.25, 0.3) is 33.4 Å². The topological polar surface area (TPSA) is 21.7 Å². The maximum Gasteiger partial charge on any atom is 0.118 e. The van der Waals surface area contributed by atoms with Crippen LogP contribution >= 0.6 is 0 Å². The summed E-state index contributed by atoms with van der Waals surface area (Å²) in [6.07, 6.45) is 0. The highest BCUT2D eigenvalue weighted by Crippen LogP contribution is 2.40. The third kappa shape index (κ3) is 5.14. The molecule has 0 bridgehead atoms. The second-order valence-electron chi connectivity index (χ2n) is 11.1. The second kappa shape index (κ2) is 10.1. The van der Waals surface area contributed by atoms with Crippen molar-refractivity contribution in [3.8, 4) is 44.9 Å². The van der Waals surface area contributed by atoms with Gasteiger partial charge in [-0.15, -0.1) is 0 Å². The third-order valence-corrected chi connectivity index (χ3v) is 7.90. The minimum Gasteiger partial charge on any atom is -0.497 e. The molecular weight excluding hydrogens is 454 g/mol. The van der Waals surface area contributed by atoms with E-state index in [0.717, 1.165) is 24.6 Å². The molecule has 0 fully saturated rings. The van der Waals surface area contributed by atoms with Gasteiger partial charge in [-0.25, -0.2) is 0 Å². The van der Waals surface area contributed by atoms with Gasteiger partial charge in [0.1, 0.15) is 11.5 Å². The van der Waals surface area contributed by atoms with E-state index in [2.05, 4.69) is 93.3 Å². The Bertz CT molecular complexity index is 1280. The molecular formula is C34H37NO2. The predicted molar refractivity (Wildman–Crippen MR) is 154 cm³/mol. The van der Waals surface area contributed by atoms with E-state index in [1.165, 1.54) is 44.5 Å². The Morgan fingerprint density at radius 3 is 1.32 bits per heavy atom. The van der Waals surface area contributed by atoms with E-state index < -0.39 is 0 Å². The number of ether oxygens (including phenoxy) is 2. The van der Waals surface area contributed by atoms with Crippen molar-refractivity contribution in [2.75, 3.05) is 14.2 Å². The van der Waals surface area contributed by atoms with Crippen molar-refractivity contribution in [3.63, 3.8) is 0 Å². The van der Waals surface area contributed by atoms with Gasteiger partial charge in [0.25, 0.3) is 0 Å². The molecule has 0 radical (unpaired) electrons. The fraction of sp³-hybridized carbons (Fsp3) is 0.294. The summed E-state index contributed by atoms with van der Waals surface area (Å²) >= 11 is 0. The van der Waals surface area contributed by atoms with Gasteiger partial charge in [-0.1, -0.05) is 69.3 Å². The highest BCUT2D eigenvalue weighted by Gasteiger charge is 2.30. The number of hydrogen-bond acceptors (Lipinski definition) is 3. The van der Waals surface area contributed by atoms with E-state index >= 15 is 0 Å². The van der Waals surface area contributed by atoms with E-state index in [-0.39, 0.29) is 5.41 Å². The van der Waals surface area contributed by atoms with Crippen LogP contribution in [0.1, 0.15) is 38.8 Å². The van der Waals surface area contributed by atoms with Crippen molar-refractivity contribution in [2.45, 2.75) is 46.8 Å². The monoisotopic (exact) mass is 491 g/mol. The first-order valence-electron chi connectivity index (χ1n) is 13.1. The molecule has 190 valence electrons. The lowest BCUT2D eigenvalue weighted by molar-refractivity contribution is 0.0994. The van der Waals surface area contributed by atoms with Crippen molar-refractivity contribution in [3.05, 3.63) is 96.1 Å². The van der Waals surface area contributed by atoms with Crippen molar-refractivity contribution in [1.82, 2.24) is 4.90 Å². The highest BCUT2D eigenvalue weighted by molar-refractivity contribution is 5.81. The summed E-state index contributed by atoms with van der Waals surface area (Å²) in [6, 6.07) is 31.0. The number of nitrogens with zero attached hydrogens (tertiary/aromatic N) is 1. The van der Waals surface area contributed by atoms with E-state index in [1.807, 2.05) is 24.3 Å². The summed E-state index contributed by atoms with van der Waals surface area (Å²) in [6.45, 7) is 11.2. The van der Waals surface area contributed by atoms with Crippen molar-refractivity contribution in [2.24, 2.45) is 5.41 Å². The van der Waals surface area contributed by atoms with Crippen LogP contribution in [0.15, 0.2) is 84.9 Å². The average Bonchev–Trinajstić information content (AvgIpc) is 3.08. The van der Waals surface area contributed by atoms with E-state index in [4.69, 9.17) is 9.47 Å². The van der Waals surface area contributed by atoms with Crippen LogP contribution in [0.4, 0.5) is 0 Å². The van der Waals surface area contributed by atoms with Gasteiger partial charge in [0.2, 0.25) is 0 Å². The van der Waals surface area contributed by atoms with Crippen LogP contribution in [0.5, 0.6) is 11.5 Å². The average molecular weight is 492 g/mol. The molecule has 5 rings (SSSR count). The Morgan fingerprint density at radius 1 is 0.595 bits per heavy atom. The van der Waals surface area contributed by atoms with Crippen LogP contribution < -0.4 is 9.47 Å². The zero-order chi connectivity index (χ0) is 26.2. The van der Waals surface area contributed by atoms with Gasteiger partial charge in [-0.05, 0) is 93.2 Å². The summed E-state index contributed by atoms with van der Waals surface area (Å²) < 4.78 is 10.8. The first-order valence-corrected chi connectivity index (χ1v) is 13.1. The van der Waals surface area contributed by atoms with Crippen LogP contribution in [-0.4, -0.2) is 25.2 Å². The number of methoxy groups -OCH3 is 2. The fourth-order valence-electron chi connectivity index (χ4n) is 5.17. The van der Waals surface area contributed by atoms with Gasteiger partial charge >= 0.3 is 0 Å². The third-order valence-electron chi connectivity index (χ3n) is 7.90. The maximum atomic E-state index is 5.38. The first kappa shape index (κ1) is 25.1. The van der Waals surface area contributed by atoms with Crippen LogP contribution in [0.2, 0.25) is 0 Å². The van der Waals surface area contributed by atoms with Crippen LogP contribution in [-0.2, 0) is 13.1 Å². The largest absolute Gasteiger partial charge is 0.497 e. The summed E-state index contributed by atoms with van der Waals surface area (Å²) in [4.78, 5) is 2.63. The number of fused-ring (bicyclic) bond motifs is 3. The molecule has 37 heavy (non-hydrogen) atoms. The van der Waals surface area contributed by atoms with Gasteiger partial charge in [-0.2, -0.15) is 0 Å². The van der Waals surface area contributed by atoms with Gasteiger partial charge in [0.15, 0.2) is 0 Å². The highest BCUT2D eigenvalue weighted by atomic mass is 16.5. The molecule has 1 unspecified atom stereocenters. The minimum absolute atomic E-state index is 0.191. The standard InChI is InChI=1S/C34H37NO2/c1-23(34(2,3)4)35-21-28-9-7-26(24-11-15-30(36-5)16-12-24)19-32(28)33-20-27(8-10-29(33)22-35)25-13-17-31(37-6)18-14-25/h7-20,23H,21-22H2,1-6H3. The SMILES string of the molecule is COc1ccc(-c2ccc3c(c2)-c2cc(-c4ccc(OC)cc4)ccc2CN(C(C)C(C)(C)C)C3)cc1. The van der Waals surface area contributed by atoms with Gasteiger partial charge in [0, 0.05) is 19.1 Å². The molecule has 1 atom stereocenters. The normalized spacial score (nSPS) is 14.3. The van der Waals surface area contributed by atoms with E-state index in [9.17, 15) is 0 Å². The lowest BCUT2D eigenvalue weighted by atomic mass is 9.86. The summed E-state index contributed by atoms with van der Waals surface area (Å²) in [5.74, 6) is 1.75. The minimum atomic E-state index is 0.191. The first-order chi connectivity index (χ1) is 17.8. The Balaban J connectivity index is 1.64. The molecule has 4 aromatic carbocycles. The summed E-state index contributed by atoms with van der Waals surface area (Å²) in [5, 5.41) is 0. The number of rotatable bonds is 5. The smallest absolute Gasteiger partial charge is 0.118 e. The van der Waals surface area contributed by atoms with Gasteiger partial charge < -0.3 is 9.47 Å². The number of benzene rings is 4. The molecule has 0 spiro atoms. The molecule has 0 saturated heterocycles. The quantitative estimate of drug-likeness (QED) is 0.279. The second-order valence-corrected chi connectivity index (χ2v) is 11.1. The molecule has 3 heteroatoms. The molecule has 0 aliphatic carbocycles. The van der Waals surface area contributed by atoms with Crippen LogP contribution in [0, 0.1) is 5.41 Å². The summed E-state index contributed by atoms with van der Waals surface area (Å²) in [7, 11) is 3.41. The Kier molecular flexibility index (Phi) is 6.83. The molecule has 4 aromatic rings. The van der Waals surface area contributed by atoms with E-state index in [1.54, 1.807) is 14.2 Å². The molecule has 0 N–H and O–H groups in total. The number of hydrogen-bond donors (Lipinski definition) is 0. The molecule has 3 nitrogen and oxygen atoms in total. The molecule has 0 amide bonds.